The molecule has 3 rings (SSSR count). The molecule has 6 heteroatoms. The highest BCUT2D eigenvalue weighted by atomic mass is 19.4. The fourth-order valence-electron chi connectivity index (χ4n) is 2.85. The van der Waals surface area contributed by atoms with Crippen LogP contribution in [0.3, 0.4) is 0 Å². The largest absolute Gasteiger partial charge is 0.416 e. The van der Waals surface area contributed by atoms with Crippen LogP contribution in [0.1, 0.15) is 22.5 Å². The third-order valence-electron chi connectivity index (χ3n) is 4.21. The van der Waals surface area contributed by atoms with Crippen LogP contribution >= 0.6 is 0 Å². The van der Waals surface area contributed by atoms with Gasteiger partial charge in [-0.25, -0.2) is 0 Å². The van der Waals surface area contributed by atoms with Crippen molar-refractivity contribution < 1.29 is 22.3 Å². The van der Waals surface area contributed by atoms with Crippen LogP contribution in [0.4, 0.5) is 13.2 Å². The predicted octanol–water partition coefficient (Wildman–Crippen LogP) is 3.58. The van der Waals surface area contributed by atoms with Gasteiger partial charge in [-0.2, -0.15) is 22.3 Å². The molecule has 0 aliphatic heterocycles. The molecular formula is C19H18F3N3+2. The van der Waals surface area contributed by atoms with E-state index in [1.165, 1.54) is 12.1 Å². The van der Waals surface area contributed by atoms with Crippen molar-refractivity contribution in [2.75, 3.05) is 0 Å². The molecule has 0 fully saturated rings. The van der Waals surface area contributed by atoms with Gasteiger partial charge in [0, 0.05) is 38.1 Å². The zero-order chi connectivity index (χ0) is 18.2. The molecule has 1 aromatic carbocycles. The lowest BCUT2D eigenvalue weighted by atomic mass is 10.1. The lowest BCUT2D eigenvalue weighted by molar-refractivity contribution is -0.612. The number of pyridine rings is 1. The zero-order valence-electron chi connectivity index (χ0n) is 14.2. The summed E-state index contributed by atoms with van der Waals surface area (Å²) in [5, 5.41) is 0. The summed E-state index contributed by atoms with van der Waals surface area (Å²) in [4.78, 5) is 4.02. The number of hydrogen-bond acceptors (Lipinski definition) is 1. The topological polar surface area (TPSA) is 20.6 Å². The minimum Gasteiger partial charge on any atom is -0.252 e. The number of aryl methyl sites for hydroxylation is 2. The number of benzene rings is 1. The molecule has 2 heterocycles. The Morgan fingerprint density at radius 3 is 2.08 bits per heavy atom. The van der Waals surface area contributed by atoms with Gasteiger partial charge in [-0.1, -0.05) is 6.07 Å². The zero-order valence-corrected chi connectivity index (χ0v) is 14.2. The summed E-state index contributed by atoms with van der Waals surface area (Å²) >= 11 is 0. The van der Waals surface area contributed by atoms with Crippen LogP contribution in [0.15, 0.2) is 55.1 Å². The van der Waals surface area contributed by atoms with Gasteiger partial charge < -0.3 is 0 Å². The number of halogens is 3. The van der Waals surface area contributed by atoms with Crippen molar-refractivity contribution in [2.24, 2.45) is 0 Å². The fourth-order valence-corrected chi connectivity index (χ4v) is 2.85. The van der Waals surface area contributed by atoms with Crippen LogP contribution < -0.4 is 9.13 Å². The van der Waals surface area contributed by atoms with Gasteiger partial charge in [0.1, 0.15) is 0 Å². The molecule has 128 valence electrons. The highest BCUT2D eigenvalue weighted by Gasteiger charge is 2.35. The van der Waals surface area contributed by atoms with Crippen LogP contribution in [0.5, 0.6) is 0 Å². The Morgan fingerprint density at radius 1 is 0.880 bits per heavy atom. The van der Waals surface area contributed by atoms with Gasteiger partial charge in [0.25, 0.3) is 0 Å². The highest BCUT2D eigenvalue weighted by Crippen LogP contribution is 2.32. The van der Waals surface area contributed by atoms with Gasteiger partial charge in [-0.3, -0.25) is 4.98 Å². The predicted molar refractivity (Wildman–Crippen MR) is 86.5 cm³/mol. The molecule has 0 saturated heterocycles. The van der Waals surface area contributed by atoms with E-state index in [9.17, 15) is 13.2 Å². The summed E-state index contributed by atoms with van der Waals surface area (Å²) in [5.74, 6) is 0. The monoisotopic (exact) mass is 345 g/mol. The smallest absolute Gasteiger partial charge is 0.252 e. The number of rotatable bonds is 2. The van der Waals surface area contributed by atoms with E-state index in [0.717, 1.165) is 17.0 Å². The Kier molecular flexibility index (Phi) is 4.29. The molecule has 3 nitrogen and oxygen atoms in total. The van der Waals surface area contributed by atoms with E-state index in [1.807, 2.05) is 32.9 Å². The first kappa shape index (κ1) is 17.1. The van der Waals surface area contributed by atoms with Crippen LogP contribution in [-0.2, 0) is 6.18 Å². The van der Waals surface area contributed by atoms with Crippen molar-refractivity contribution in [2.45, 2.75) is 26.9 Å². The molecule has 0 aliphatic rings. The molecular weight excluding hydrogens is 327 g/mol. The molecule has 0 aliphatic carbocycles. The first-order valence-electron chi connectivity index (χ1n) is 7.81. The number of nitrogens with zero attached hydrogens (tertiary/aromatic N) is 3. The molecule has 0 saturated carbocycles. The maximum absolute atomic E-state index is 13.5. The first-order chi connectivity index (χ1) is 11.8. The second kappa shape index (κ2) is 6.27. The second-order valence-electron chi connectivity index (χ2n) is 5.94. The minimum absolute atomic E-state index is 0.487. The van der Waals surface area contributed by atoms with E-state index in [-0.39, 0.29) is 0 Å². The van der Waals surface area contributed by atoms with E-state index in [2.05, 4.69) is 4.98 Å². The molecule has 2 aromatic heterocycles. The molecule has 0 amide bonds. The van der Waals surface area contributed by atoms with E-state index >= 15 is 0 Å². The fraction of sp³-hybridized carbons (Fsp3) is 0.211. The van der Waals surface area contributed by atoms with Gasteiger partial charge in [0.15, 0.2) is 18.1 Å². The summed E-state index contributed by atoms with van der Waals surface area (Å²) in [6.07, 6.45) is 2.20. The van der Waals surface area contributed by atoms with Crippen molar-refractivity contribution in [1.82, 2.24) is 4.98 Å². The normalized spacial score (nSPS) is 11.6. The minimum atomic E-state index is -4.43. The summed E-state index contributed by atoms with van der Waals surface area (Å²) in [7, 11) is 0. The van der Waals surface area contributed by atoms with Gasteiger partial charge in [-0.15, -0.1) is 0 Å². The van der Waals surface area contributed by atoms with Crippen LogP contribution in [0.25, 0.3) is 11.4 Å². The van der Waals surface area contributed by atoms with Gasteiger partial charge in [-0.05, 0) is 6.92 Å². The maximum atomic E-state index is 13.5. The molecule has 3 aromatic rings. The molecule has 0 spiro atoms. The average molecular weight is 345 g/mol. The Bertz CT molecular complexity index is 867. The van der Waals surface area contributed by atoms with Crippen molar-refractivity contribution >= 4 is 0 Å². The summed E-state index contributed by atoms with van der Waals surface area (Å²) in [6, 6.07) is 7.91. The summed E-state index contributed by atoms with van der Waals surface area (Å²) < 4.78 is 43.9. The first-order valence-corrected chi connectivity index (χ1v) is 7.81. The SMILES string of the molecule is Cc1c(-[n+]2ccccc2C)cc(C(F)(F)F)cc1-[n+]1ccncc1C. The summed E-state index contributed by atoms with van der Waals surface area (Å²) in [5.41, 5.74) is 2.68. The van der Waals surface area contributed by atoms with E-state index < -0.39 is 11.7 Å². The van der Waals surface area contributed by atoms with E-state index in [1.54, 1.807) is 40.0 Å². The second-order valence-corrected chi connectivity index (χ2v) is 5.94. The van der Waals surface area contributed by atoms with Gasteiger partial charge in [0.2, 0.25) is 17.1 Å². The third kappa shape index (κ3) is 3.24. The lowest BCUT2D eigenvalue weighted by Gasteiger charge is -2.11. The molecule has 0 atom stereocenters. The van der Waals surface area contributed by atoms with Crippen molar-refractivity contribution in [3.63, 3.8) is 0 Å². The summed E-state index contributed by atoms with van der Waals surface area (Å²) in [6.45, 7) is 5.51. The number of hydrogen-bond donors (Lipinski definition) is 0. The Balaban J connectivity index is 2.35. The molecule has 0 unspecified atom stereocenters. The van der Waals surface area contributed by atoms with Crippen LogP contribution in [0, 0.1) is 20.8 Å². The molecule has 0 bridgehead atoms. The molecule has 0 N–H and O–H groups in total. The Labute approximate surface area is 144 Å². The van der Waals surface area contributed by atoms with Crippen molar-refractivity contribution in [3.05, 3.63) is 77.6 Å². The van der Waals surface area contributed by atoms with Crippen molar-refractivity contribution in [1.29, 1.82) is 0 Å². The molecule has 25 heavy (non-hydrogen) atoms. The number of aromatic nitrogens is 3. The van der Waals surface area contributed by atoms with Crippen LogP contribution in [-0.4, -0.2) is 4.98 Å². The van der Waals surface area contributed by atoms with Gasteiger partial charge in [0.05, 0.1) is 23.5 Å². The maximum Gasteiger partial charge on any atom is 0.416 e. The number of alkyl halides is 3. The standard InChI is InChI=1S/C19H18F3N3/c1-13-6-4-5-8-24(13)17-10-16(19(20,21)22)11-18(15(17)3)25-9-7-23-12-14(25)2/h4-12H,1-3H3/q+2. The van der Waals surface area contributed by atoms with E-state index in [0.29, 0.717) is 11.4 Å². The molecule has 0 radical (unpaired) electrons. The highest BCUT2D eigenvalue weighted by molar-refractivity contribution is 5.48. The quantitative estimate of drug-likeness (QED) is 0.650. The van der Waals surface area contributed by atoms with Crippen molar-refractivity contribution in [3.8, 4) is 11.4 Å². The van der Waals surface area contributed by atoms with Crippen LogP contribution in [0.2, 0.25) is 0 Å². The Morgan fingerprint density at radius 2 is 1.52 bits per heavy atom. The third-order valence-corrected chi connectivity index (χ3v) is 4.21. The lowest BCUT2D eigenvalue weighted by Crippen LogP contribution is -2.39. The van der Waals surface area contributed by atoms with Gasteiger partial charge >= 0.3 is 6.18 Å². The van der Waals surface area contributed by atoms with E-state index in [4.69, 9.17) is 0 Å². The Hall–Kier alpha value is -2.76. The average Bonchev–Trinajstić information content (AvgIpc) is 2.55.